The summed E-state index contributed by atoms with van der Waals surface area (Å²) in [5, 5.41) is 2.14. The first-order valence-corrected chi connectivity index (χ1v) is 7.55. The maximum atomic E-state index is 5.89. The summed E-state index contributed by atoms with van der Waals surface area (Å²) in [5.74, 6) is 1.46. The Bertz CT molecular complexity index is 464. The summed E-state index contributed by atoms with van der Waals surface area (Å²) in [7, 11) is 1.69. The van der Waals surface area contributed by atoms with Gasteiger partial charge in [0, 0.05) is 4.88 Å². The molecule has 0 radical (unpaired) electrons. The largest absolute Gasteiger partial charge is 0.497 e. The number of hydrogen-bond acceptors (Lipinski definition) is 3. The van der Waals surface area contributed by atoms with Crippen molar-refractivity contribution < 1.29 is 4.74 Å². The lowest BCUT2D eigenvalue weighted by atomic mass is 9.94. The van der Waals surface area contributed by atoms with E-state index in [0.29, 0.717) is 5.92 Å². The van der Waals surface area contributed by atoms with Gasteiger partial charge in [-0.25, -0.2) is 0 Å². The van der Waals surface area contributed by atoms with Gasteiger partial charge in [-0.1, -0.05) is 18.2 Å². The van der Waals surface area contributed by atoms with Gasteiger partial charge in [0.15, 0.2) is 0 Å². The minimum absolute atomic E-state index is 0.551. The molecule has 2 rings (SSSR count). The Labute approximate surface area is 119 Å². The van der Waals surface area contributed by atoms with Gasteiger partial charge in [-0.2, -0.15) is 0 Å². The molecule has 0 fully saturated rings. The minimum Gasteiger partial charge on any atom is -0.497 e. The molecule has 1 heterocycles. The number of benzene rings is 1. The fraction of sp³-hybridized carbons (Fsp3) is 0.375. The van der Waals surface area contributed by atoms with Crippen molar-refractivity contribution in [3.63, 3.8) is 0 Å². The van der Waals surface area contributed by atoms with Gasteiger partial charge in [0.1, 0.15) is 5.75 Å². The Morgan fingerprint density at radius 3 is 2.58 bits per heavy atom. The molecule has 0 aliphatic rings. The number of thiophene rings is 1. The molecule has 0 aliphatic carbocycles. The molecule has 19 heavy (non-hydrogen) atoms. The van der Waals surface area contributed by atoms with Crippen molar-refractivity contribution >= 4 is 11.3 Å². The highest BCUT2D eigenvalue weighted by atomic mass is 32.1. The van der Waals surface area contributed by atoms with E-state index in [-0.39, 0.29) is 0 Å². The molecule has 0 aliphatic heterocycles. The van der Waals surface area contributed by atoms with Crippen LogP contribution in [0.3, 0.4) is 0 Å². The van der Waals surface area contributed by atoms with E-state index in [1.807, 2.05) is 23.5 Å². The molecule has 102 valence electrons. The second-order valence-electron chi connectivity index (χ2n) is 4.77. The van der Waals surface area contributed by atoms with Crippen LogP contribution in [0.5, 0.6) is 5.75 Å². The van der Waals surface area contributed by atoms with Gasteiger partial charge in [-0.15, -0.1) is 11.3 Å². The second-order valence-corrected chi connectivity index (χ2v) is 5.80. The standard InChI is InChI=1S/C16H21NOS/c1-18-15-7-4-13(5-8-15)11-14(12-17)6-9-16-3-2-10-19-16/h2-5,7-8,10,14H,6,9,11-12,17H2,1H3. The quantitative estimate of drug-likeness (QED) is 0.839. The molecular weight excluding hydrogens is 254 g/mol. The summed E-state index contributed by atoms with van der Waals surface area (Å²) < 4.78 is 5.17. The summed E-state index contributed by atoms with van der Waals surface area (Å²) in [6.07, 6.45) is 3.34. The van der Waals surface area contributed by atoms with Crippen molar-refractivity contribution in [1.82, 2.24) is 0 Å². The first-order chi connectivity index (χ1) is 9.31. The predicted octanol–water partition coefficient (Wildman–Crippen LogP) is 3.51. The number of rotatable bonds is 7. The van der Waals surface area contributed by atoms with Crippen LogP contribution in [0.1, 0.15) is 16.9 Å². The van der Waals surface area contributed by atoms with Crippen molar-refractivity contribution in [3.05, 3.63) is 52.2 Å². The minimum atomic E-state index is 0.551. The molecule has 2 N–H and O–H groups in total. The van der Waals surface area contributed by atoms with E-state index in [2.05, 4.69) is 29.6 Å². The highest BCUT2D eigenvalue weighted by Gasteiger charge is 2.09. The van der Waals surface area contributed by atoms with Crippen LogP contribution >= 0.6 is 11.3 Å². The van der Waals surface area contributed by atoms with E-state index < -0.39 is 0 Å². The van der Waals surface area contributed by atoms with Gasteiger partial charge < -0.3 is 10.5 Å². The van der Waals surface area contributed by atoms with Gasteiger partial charge in [-0.05, 0) is 60.9 Å². The molecule has 0 spiro atoms. The molecule has 1 unspecified atom stereocenters. The van der Waals surface area contributed by atoms with Crippen molar-refractivity contribution in [3.8, 4) is 5.75 Å². The van der Waals surface area contributed by atoms with Crippen LogP contribution in [0.4, 0.5) is 0 Å². The summed E-state index contributed by atoms with van der Waals surface area (Å²) in [6.45, 7) is 0.747. The lowest BCUT2D eigenvalue weighted by molar-refractivity contribution is 0.414. The Hall–Kier alpha value is -1.32. The van der Waals surface area contributed by atoms with E-state index >= 15 is 0 Å². The Morgan fingerprint density at radius 2 is 2.00 bits per heavy atom. The molecule has 1 aromatic heterocycles. The second kappa shape index (κ2) is 7.31. The molecule has 2 nitrogen and oxygen atoms in total. The summed E-state index contributed by atoms with van der Waals surface area (Å²) in [5.41, 5.74) is 7.23. The third kappa shape index (κ3) is 4.37. The van der Waals surface area contributed by atoms with Gasteiger partial charge in [0.25, 0.3) is 0 Å². The van der Waals surface area contributed by atoms with Crippen LogP contribution in [0.25, 0.3) is 0 Å². The van der Waals surface area contributed by atoms with Crippen LogP contribution in [-0.4, -0.2) is 13.7 Å². The first kappa shape index (κ1) is 14.1. The molecule has 0 saturated heterocycles. The number of hydrogen-bond donors (Lipinski definition) is 1. The van der Waals surface area contributed by atoms with Gasteiger partial charge in [0.05, 0.1) is 7.11 Å². The van der Waals surface area contributed by atoms with Crippen molar-refractivity contribution in [1.29, 1.82) is 0 Å². The molecule has 3 heteroatoms. The highest BCUT2D eigenvalue weighted by Crippen LogP contribution is 2.19. The zero-order chi connectivity index (χ0) is 13.5. The van der Waals surface area contributed by atoms with E-state index in [1.54, 1.807) is 7.11 Å². The monoisotopic (exact) mass is 275 g/mol. The number of nitrogens with two attached hydrogens (primary N) is 1. The summed E-state index contributed by atoms with van der Waals surface area (Å²) >= 11 is 1.83. The Kier molecular flexibility index (Phi) is 5.43. The van der Waals surface area contributed by atoms with Gasteiger partial charge >= 0.3 is 0 Å². The summed E-state index contributed by atoms with van der Waals surface area (Å²) in [6, 6.07) is 12.6. The molecule has 0 bridgehead atoms. The molecule has 2 aromatic rings. The molecule has 1 atom stereocenters. The van der Waals surface area contributed by atoms with Crippen molar-refractivity contribution in [2.75, 3.05) is 13.7 Å². The average molecular weight is 275 g/mol. The fourth-order valence-electron chi connectivity index (χ4n) is 2.20. The Morgan fingerprint density at radius 1 is 1.21 bits per heavy atom. The van der Waals surface area contributed by atoms with E-state index in [0.717, 1.165) is 31.6 Å². The van der Waals surface area contributed by atoms with Crippen LogP contribution in [0.15, 0.2) is 41.8 Å². The zero-order valence-electron chi connectivity index (χ0n) is 11.3. The lowest BCUT2D eigenvalue weighted by Crippen LogP contribution is -2.17. The number of ether oxygens (including phenoxy) is 1. The van der Waals surface area contributed by atoms with Crippen LogP contribution in [0, 0.1) is 5.92 Å². The van der Waals surface area contributed by atoms with E-state index in [9.17, 15) is 0 Å². The molecule has 1 aromatic carbocycles. The molecule has 0 amide bonds. The Balaban J connectivity index is 1.87. The van der Waals surface area contributed by atoms with Crippen LogP contribution in [-0.2, 0) is 12.8 Å². The fourth-order valence-corrected chi connectivity index (χ4v) is 2.92. The van der Waals surface area contributed by atoms with E-state index in [1.165, 1.54) is 10.4 Å². The molecular formula is C16H21NOS. The van der Waals surface area contributed by atoms with E-state index in [4.69, 9.17) is 10.5 Å². The van der Waals surface area contributed by atoms with Gasteiger partial charge in [0.2, 0.25) is 0 Å². The lowest BCUT2D eigenvalue weighted by Gasteiger charge is -2.14. The van der Waals surface area contributed by atoms with Crippen molar-refractivity contribution in [2.45, 2.75) is 19.3 Å². The van der Waals surface area contributed by atoms with Crippen molar-refractivity contribution in [2.24, 2.45) is 11.7 Å². The third-order valence-electron chi connectivity index (χ3n) is 3.40. The number of methoxy groups -OCH3 is 1. The topological polar surface area (TPSA) is 35.2 Å². The highest BCUT2D eigenvalue weighted by molar-refractivity contribution is 7.09. The van der Waals surface area contributed by atoms with Crippen LogP contribution < -0.4 is 10.5 Å². The third-order valence-corrected chi connectivity index (χ3v) is 4.33. The SMILES string of the molecule is COc1ccc(CC(CN)CCc2cccs2)cc1. The van der Waals surface area contributed by atoms with Gasteiger partial charge in [-0.3, -0.25) is 0 Å². The summed E-state index contributed by atoms with van der Waals surface area (Å²) in [4.78, 5) is 1.45. The predicted molar refractivity (Wildman–Crippen MR) is 81.9 cm³/mol. The molecule has 0 saturated carbocycles. The maximum Gasteiger partial charge on any atom is 0.118 e. The first-order valence-electron chi connectivity index (χ1n) is 6.67. The average Bonchev–Trinajstić information content (AvgIpc) is 2.97. The zero-order valence-corrected chi connectivity index (χ0v) is 12.2. The maximum absolute atomic E-state index is 5.89. The number of aryl methyl sites for hydroxylation is 1. The normalized spacial score (nSPS) is 12.3. The van der Waals surface area contributed by atoms with Crippen LogP contribution in [0.2, 0.25) is 0 Å². The smallest absolute Gasteiger partial charge is 0.118 e.